The van der Waals surface area contributed by atoms with Gasteiger partial charge in [0, 0.05) is 5.56 Å². The SMILES string of the molecule is COC(=O)Nc1nc2ccc(C3(O)c4c(F)cccc4C(=O)N3c3c(C)cccc3Cl)cc2[nH]1. The summed E-state index contributed by atoms with van der Waals surface area (Å²) in [6.07, 6.45) is -0.712. The zero-order chi connectivity index (χ0) is 24.2. The van der Waals surface area contributed by atoms with Crippen LogP contribution in [0.1, 0.15) is 27.0 Å². The Bertz CT molecular complexity index is 1470. The van der Waals surface area contributed by atoms with Crippen molar-refractivity contribution in [1.29, 1.82) is 0 Å². The maximum atomic E-state index is 15.2. The molecule has 10 heteroatoms. The fraction of sp³-hybridized carbons (Fsp3) is 0.125. The van der Waals surface area contributed by atoms with Gasteiger partial charge >= 0.3 is 6.09 Å². The van der Waals surface area contributed by atoms with Crippen LogP contribution in [0.3, 0.4) is 0 Å². The molecule has 8 nitrogen and oxygen atoms in total. The van der Waals surface area contributed by atoms with Gasteiger partial charge in [0.15, 0.2) is 0 Å². The summed E-state index contributed by atoms with van der Waals surface area (Å²) >= 11 is 6.47. The van der Waals surface area contributed by atoms with Gasteiger partial charge in [-0.3, -0.25) is 15.0 Å². The normalized spacial score (nSPS) is 17.2. The molecule has 3 N–H and O–H groups in total. The van der Waals surface area contributed by atoms with Crippen LogP contribution >= 0.6 is 11.6 Å². The van der Waals surface area contributed by atoms with E-state index in [0.717, 1.165) is 4.90 Å². The molecule has 0 saturated carbocycles. The van der Waals surface area contributed by atoms with Gasteiger partial charge in [-0.05, 0) is 42.8 Å². The fourth-order valence-corrected chi connectivity index (χ4v) is 4.62. The first-order chi connectivity index (χ1) is 16.3. The molecular formula is C24H18ClFN4O4. The number of benzene rings is 3. The first-order valence-electron chi connectivity index (χ1n) is 10.2. The summed E-state index contributed by atoms with van der Waals surface area (Å²) in [5.41, 5.74) is -0.356. The number of nitrogens with one attached hydrogen (secondary N) is 2. The predicted molar refractivity (Wildman–Crippen MR) is 125 cm³/mol. The number of aryl methyl sites for hydroxylation is 1. The molecule has 1 atom stereocenters. The minimum atomic E-state index is -2.21. The molecule has 3 aromatic carbocycles. The van der Waals surface area contributed by atoms with Crippen molar-refractivity contribution in [2.75, 3.05) is 17.3 Å². The molecule has 1 unspecified atom stereocenters. The number of aromatic nitrogens is 2. The van der Waals surface area contributed by atoms with Gasteiger partial charge in [-0.2, -0.15) is 0 Å². The molecular weight excluding hydrogens is 463 g/mol. The highest BCUT2D eigenvalue weighted by Gasteiger charge is 2.53. The van der Waals surface area contributed by atoms with Crippen LogP contribution in [0.4, 0.5) is 20.8 Å². The highest BCUT2D eigenvalue weighted by atomic mass is 35.5. The second kappa shape index (κ2) is 7.82. The largest absolute Gasteiger partial charge is 0.453 e. The minimum Gasteiger partial charge on any atom is -0.453 e. The highest BCUT2D eigenvalue weighted by molar-refractivity contribution is 6.34. The average molecular weight is 481 g/mol. The highest BCUT2D eigenvalue weighted by Crippen LogP contribution is 2.48. The molecule has 172 valence electrons. The molecule has 0 radical (unpaired) electrons. The summed E-state index contributed by atoms with van der Waals surface area (Å²) in [4.78, 5) is 33.3. The predicted octanol–water partition coefficient (Wildman–Crippen LogP) is 4.70. The maximum Gasteiger partial charge on any atom is 0.413 e. The number of ether oxygens (including phenoxy) is 1. The van der Waals surface area contributed by atoms with Crippen molar-refractivity contribution in [2.24, 2.45) is 0 Å². The Kier molecular flexibility index (Phi) is 5.03. The van der Waals surface area contributed by atoms with Gasteiger partial charge < -0.3 is 14.8 Å². The molecule has 5 rings (SSSR count). The number of H-pyrrole nitrogens is 1. The topological polar surface area (TPSA) is 108 Å². The minimum absolute atomic E-state index is 0.0274. The van der Waals surface area contributed by atoms with Crippen LogP contribution in [0, 0.1) is 12.7 Å². The Morgan fingerprint density at radius 3 is 2.74 bits per heavy atom. The van der Waals surface area contributed by atoms with Crippen LogP contribution in [-0.4, -0.2) is 34.2 Å². The number of imidazole rings is 1. The smallest absolute Gasteiger partial charge is 0.413 e. The second-order valence-electron chi connectivity index (χ2n) is 7.81. The number of aliphatic hydroxyl groups is 1. The quantitative estimate of drug-likeness (QED) is 0.394. The van der Waals surface area contributed by atoms with Crippen molar-refractivity contribution in [3.63, 3.8) is 0 Å². The van der Waals surface area contributed by atoms with E-state index < -0.39 is 23.5 Å². The molecule has 0 aliphatic carbocycles. The molecule has 0 fully saturated rings. The van der Waals surface area contributed by atoms with Gasteiger partial charge in [0.25, 0.3) is 5.91 Å². The van der Waals surface area contributed by atoms with E-state index in [-0.39, 0.29) is 33.3 Å². The Morgan fingerprint density at radius 2 is 2.00 bits per heavy atom. The lowest BCUT2D eigenvalue weighted by Crippen LogP contribution is -2.46. The summed E-state index contributed by atoms with van der Waals surface area (Å²) in [5, 5.41) is 14.8. The Labute approximate surface area is 197 Å². The van der Waals surface area contributed by atoms with E-state index >= 15 is 4.39 Å². The number of halogens is 2. The van der Waals surface area contributed by atoms with Crippen LogP contribution in [0.5, 0.6) is 0 Å². The number of hydrogen-bond acceptors (Lipinski definition) is 5. The third-order valence-corrected chi connectivity index (χ3v) is 6.13. The van der Waals surface area contributed by atoms with Gasteiger partial charge in [-0.25, -0.2) is 14.2 Å². The zero-order valence-corrected chi connectivity index (χ0v) is 18.8. The number of carbonyl (C=O) groups is 2. The summed E-state index contributed by atoms with van der Waals surface area (Å²) in [6, 6.07) is 13.8. The number of carbonyl (C=O) groups excluding carboxylic acids is 2. The average Bonchev–Trinajstić information content (AvgIpc) is 3.31. The zero-order valence-electron chi connectivity index (χ0n) is 18.0. The number of methoxy groups -OCH3 is 1. The number of para-hydroxylation sites is 1. The summed E-state index contributed by atoms with van der Waals surface area (Å²) in [5.74, 6) is -1.21. The molecule has 1 aromatic heterocycles. The van der Waals surface area contributed by atoms with Crippen molar-refractivity contribution in [3.05, 3.63) is 87.7 Å². The molecule has 0 spiro atoms. The van der Waals surface area contributed by atoms with E-state index in [2.05, 4.69) is 20.0 Å². The van der Waals surface area contributed by atoms with Crippen LogP contribution in [0.2, 0.25) is 5.02 Å². The third kappa shape index (κ3) is 3.12. The van der Waals surface area contributed by atoms with E-state index in [9.17, 15) is 14.7 Å². The Balaban J connectivity index is 1.75. The van der Waals surface area contributed by atoms with Crippen molar-refractivity contribution in [1.82, 2.24) is 9.97 Å². The van der Waals surface area contributed by atoms with Crippen molar-refractivity contribution < 1.29 is 23.8 Å². The van der Waals surface area contributed by atoms with Crippen molar-refractivity contribution >= 4 is 46.3 Å². The van der Waals surface area contributed by atoms with E-state index in [1.54, 1.807) is 43.3 Å². The first kappa shape index (κ1) is 21.9. The maximum absolute atomic E-state index is 15.2. The molecule has 1 aliphatic rings. The monoisotopic (exact) mass is 480 g/mol. The van der Waals surface area contributed by atoms with Crippen molar-refractivity contribution in [3.8, 4) is 0 Å². The molecule has 4 aromatic rings. The number of aromatic amines is 1. The summed E-state index contributed by atoms with van der Waals surface area (Å²) in [7, 11) is 1.22. The fourth-order valence-electron chi connectivity index (χ4n) is 4.31. The number of amides is 2. The lowest BCUT2D eigenvalue weighted by atomic mass is 9.92. The lowest BCUT2D eigenvalue weighted by Gasteiger charge is -2.36. The standard InChI is InChI=1S/C24H18ClFN4O4/c1-12-5-3-7-15(25)20(12)30-21(31)14-6-4-8-16(26)19(14)24(30,33)13-9-10-17-18(11-13)28-22(27-17)29-23(32)34-2/h3-11,33H,1-2H3,(H2,27,28,29,32). The molecule has 2 amide bonds. The summed E-state index contributed by atoms with van der Waals surface area (Å²) < 4.78 is 19.8. The van der Waals surface area contributed by atoms with Crippen LogP contribution in [0.25, 0.3) is 11.0 Å². The van der Waals surface area contributed by atoms with Gasteiger partial charge in [-0.15, -0.1) is 0 Å². The van der Waals surface area contributed by atoms with Gasteiger partial charge in [0.2, 0.25) is 11.7 Å². The number of rotatable bonds is 3. The van der Waals surface area contributed by atoms with Gasteiger partial charge in [-0.1, -0.05) is 35.9 Å². The third-order valence-electron chi connectivity index (χ3n) is 5.82. The molecule has 1 aliphatic heterocycles. The lowest BCUT2D eigenvalue weighted by molar-refractivity contribution is 0.0685. The first-order valence-corrected chi connectivity index (χ1v) is 10.6. The van der Waals surface area contributed by atoms with Gasteiger partial charge in [0.1, 0.15) is 5.82 Å². The Morgan fingerprint density at radius 1 is 1.24 bits per heavy atom. The number of anilines is 2. The van der Waals surface area contributed by atoms with E-state index in [1.807, 2.05) is 0 Å². The number of nitrogens with zero attached hydrogens (tertiary/aromatic N) is 2. The number of hydrogen-bond donors (Lipinski definition) is 3. The Hall–Kier alpha value is -3.95. The van der Waals surface area contributed by atoms with E-state index in [1.165, 1.54) is 25.3 Å². The van der Waals surface area contributed by atoms with Crippen LogP contribution in [-0.2, 0) is 10.5 Å². The molecule has 0 saturated heterocycles. The molecule has 2 heterocycles. The molecule has 0 bridgehead atoms. The number of fused-ring (bicyclic) bond motifs is 2. The summed E-state index contributed by atoms with van der Waals surface area (Å²) in [6.45, 7) is 1.75. The van der Waals surface area contributed by atoms with E-state index in [4.69, 9.17) is 11.6 Å². The van der Waals surface area contributed by atoms with Crippen LogP contribution < -0.4 is 10.2 Å². The van der Waals surface area contributed by atoms with Crippen molar-refractivity contribution in [2.45, 2.75) is 12.6 Å². The molecule has 34 heavy (non-hydrogen) atoms. The second-order valence-corrected chi connectivity index (χ2v) is 8.22. The van der Waals surface area contributed by atoms with Crippen LogP contribution in [0.15, 0.2) is 54.6 Å². The van der Waals surface area contributed by atoms with Gasteiger partial charge in [0.05, 0.1) is 40.0 Å². The van der Waals surface area contributed by atoms with E-state index in [0.29, 0.717) is 16.6 Å².